The number of hydrogen-bond acceptors (Lipinski definition) is 5. The summed E-state index contributed by atoms with van der Waals surface area (Å²) in [6.45, 7) is 10.9. The molecular weight excluding hydrogens is 326 g/mol. The Hall–Kier alpha value is -1.53. The van der Waals surface area contributed by atoms with E-state index in [2.05, 4.69) is 5.32 Å². The summed E-state index contributed by atoms with van der Waals surface area (Å²) >= 11 is 1.05. The lowest BCUT2D eigenvalue weighted by Gasteiger charge is -2.27. The van der Waals surface area contributed by atoms with Crippen LogP contribution in [0.1, 0.15) is 53.1 Å². The van der Waals surface area contributed by atoms with Crippen LogP contribution in [-0.4, -0.2) is 32.8 Å². The highest BCUT2D eigenvalue weighted by atomic mass is 32.2. The summed E-state index contributed by atoms with van der Waals surface area (Å²) in [4.78, 5) is 24.5. The van der Waals surface area contributed by atoms with Gasteiger partial charge in [0.2, 0.25) is 5.12 Å². The maximum Gasteiger partial charge on any atom is 0.408 e. The second kappa shape index (κ2) is 8.03. The third-order valence-electron chi connectivity index (χ3n) is 2.79. The molecule has 134 valence electrons. The minimum atomic E-state index is -1.37. The second-order valence-corrected chi connectivity index (χ2v) is 9.34. The number of thioether (sulfide) groups is 1. The zero-order valence-corrected chi connectivity index (χ0v) is 15.9. The zero-order chi connectivity index (χ0) is 18.5. The van der Waals surface area contributed by atoms with Crippen molar-refractivity contribution in [3.05, 3.63) is 35.9 Å². The first-order chi connectivity index (χ1) is 10.9. The highest BCUT2D eigenvalue weighted by molar-refractivity contribution is 8.14. The average Bonchev–Trinajstić information content (AvgIpc) is 2.41. The Morgan fingerprint density at radius 3 is 2.08 bits per heavy atom. The van der Waals surface area contributed by atoms with Gasteiger partial charge in [-0.3, -0.25) is 4.79 Å². The van der Waals surface area contributed by atoms with Crippen molar-refractivity contribution in [1.29, 1.82) is 0 Å². The lowest BCUT2D eigenvalue weighted by molar-refractivity contribution is -0.119. The fourth-order valence-corrected chi connectivity index (χ4v) is 2.80. The number of benzene rings is 1. The van der Waals surface area contributed by atoms with Crippen LogP contribution in [0.3, 0.4) is 0 Å². The highest BCUT2D eigenvalue weighted by Crippen LogP contribution is 2.29. The number of aliphatic hydroxyl groups is 1. The molecular formula is C18H27NO4S. The van der Waals surface area contributed by atoms with E-state index in [4.69, 9.17) is 4.74 Å². The number of ether oxygens (including phenoxy) is 1. The predicted octanol–water partition coefficient (Wildman–Crippen LogP) is 3.67. The summed E-state index contributed by atoms with van der Waals surface area (Å²) < 4.78 is 4.91. The van der Waals surface area contributed by atoms with Gasteiger partial charge in [-0.2, -0.15) is 0 Å². The molecule has 0 aliphatic carbocycles. The van der Waals surface area contributed by atoms with Crippen LogP contribution in [0.2, 0.25) is 0 Å². The molecule has 0 aliphatic heterocycles. The van der Waals surface area contributed by atoms with Crippen LogP contribution in [0.5, 0.6) is 0 Å². The normalized spacial score (nSPS) is 14.6. The van der Waals surface area contributed by atoms with E-state index in [0.717, 1.165) is 11.8 Å². The molecule has 0 heterocycles. The Kier molecular flexibility index (Phi) is 6.86. The van der Waals surface area contributed by atoms with E-state index in [9.17, 15) is 14.7 Å². The quantitative estimate of drug-likeness (QED) is 0.864. The van der Waals surface area contributed by atoms with Crippen LogP contribution >= 0.6 is 11.8 Å². The summed E-state index contributed by atoms with van der Waals surface area (Å²) in [5, 5.41) is 12.7. The SMILES string of the molecule is CC(C)(C)OC(=O)N[C@@H](c1ccccc1)[C@@H](O)C(=O)SC(C)(C)C. The smallest absolute Gasteiger partial charge is 0.408 e. The first kappa shape index (κ1) is 20.5. The molecule has 0 radical (unpaired) electrons. The van der Waals surface area contributed by atoms with E-state index in [-0.39, 0.29) is 4.75 Å². The van der Waals surface area contributed by atoms with Gasteiger partial charge in [0.05, 0.1) is 6.04 Å². The van der Waals surface area contributed by atoms with Crippen molar-refractivity contribution in [2.45, 2.75) is 64.0 Å². The Bertz CT molecular complexity index is 561. The van der Waals surface area contributed by atoms with Crippen molar-refractivity contribution in [3.8, 4) is 0 Å². The van der Waals surface area contributed by atoms with Gasteiger partial charge in [-0.15, -0.1) is 0 Å². The highest BCUT2D eigenvalue weighted by Gasteiger charge is 2.33. The number of aliphatic hydroxyl groups excluding tert-OH is 1. The first-order valence-electron chi connectivity index (χ1n) is 7.84. The molecule has 0 fully saturated rings. The van der Waals surface area contributed by atoms with Crippen molar-refractivity contribution in [2.24, 2.45) is 0 Å². The molecule has 0 unspecified atom stereocenters. The van der Waals surface area contributed by atoms with Gasteiger partial charge in [0.1, 0.15) is 11.7 Å². The summed E-state index contributed by atoms with van der Waals surface area (Å²) in [6.07, 6.45) is -2.05. The van der Waals surface area contributed by atoms with Crippen LogP contribution < -0.4 is 5.32 Å². The molecule has 0 saturated carbocycles. The summed E-state index contributed by atoms with van der Waals surface area (Å²) in [5.41, 5.74) is -0.0285. The number of carbonyl (C=O) groups excluding carboxylic acids is 2. The Balaban J connectivity index is 2.98. The van der Waals surface area contributed by atoms with Crippen LogP contribution in [0.25, 0.3) is 0 Å². The van der Waals surface area contributed by atoms with Gasteiger partial charge < -0.3 is 15.2 Å². The topological polar surface area (TPSA) is 75.6 Å². The fraction of sp³-hybridized carbons (Fsp3) is 0.556. The number of nitrogens with one attached hydrogen (secondary N) is 1. The van der Waals surface area contributed by atoms with Crippen LogP contribution in [0.4, 0.5) is 4.79 Å². The van der Waals surface area contributed by atoms with E-state index in [1.807, 2.05) is 26.8 Å². The summed E-state index contributed by atoms with van der Waals surface area (Å²) in [7, 11) is 0. The monoisotopic (exact) mass is 353 g/mol. The molecule has 0 spiro atoms. The Morgan fingerprint density at radius 2 is 1.62 bits per heavy atom. The van der Waals surface area contributed by atoms with E-state index in [1.165, 1.54) is 0 Å². The van der Waals surface area contributed by atoms with Gasteiger partial charge in [0, 0.05) is 4.75 Å². The molecule has 1 aromatic carbocycles. The van der Waals surface area contributed by atoms with Gasteiger partial charge in [0.15, 0.2) is 0 Å². The molecule has 6 heteroatoms. The maximum absolute atomic E-state index is 12.4. The number of alkyl carbamates (subject to hydrolysis) is 1. The number of hydrogen-bond donors (Lipinski definition) is 2. The van der Waals surface area contributed by atoms with Crippen molar-refractivity contribution in [2.75, 3.05) is 0 Å². The summed E-state index contributed by atoms with van der Waals surface area (Å²) in [5.74, 6) is 0. The molecule has 1 rings (SSSR count). The van der Waals surface area contributed by atoms with Crippen LogP contribution in [0, 0.1) is 0 Å². The van der Waals surface area contributed by atoms with Gasteiger partial charge in [0.25, 0.3) is 0 Å². The van der Waals surface area contributed by atoms with Crippen molar-refractivity contribution in [3.63, 3.8) is 0 Å². The Labute approximate surface area is 148 Å². The molecule has 0 aromatic heterocycles. The molecule has 1 amide bonds. The van der Waals surface area contributed by atoms with Gasteiger partial charge >= 0.3 is 6.09 Å². The molecule has 0 aliphatic rings. The fourth-order valence-electron chi connectivity index (χ4n) is 1.94. The Morgan fingerprint density at radius 1 is 1.08 bits per heavy atom. The number of carbonyl (C=O) groups is 2. The van der Waals surface area contributed by atoms with Crippen LogP contribution in [-0.2, 0) is 9.53 Å². The third kappa shape index (κ3) is 7.36. The van der Waals surface area contributed by atoms with E-state index >= 15 is 0 Å². The van der Waals surface area contributed by atoms with E-state index in [0.29, 0.717) is 5.56 Å². The van der Waals surface area contributed by atoms with Crippen molar-refractivity contribution >= 4 is 23.0 Å². The predicted molar refractivity (Wildman–Crippen MR) is 96.9 cm³/mol. The van der Waals surface area contributed by atoms with Crippen molar-refractivity contribution < 1.29 is 19.4 Å². The van der Waals surface area contributed by atoms with E-state index < -0.39 is 29.0 Å². The van der Waals surface area contributed by atoms with Gasteiger partial charge in [-0.25, -0.2) is 4.79 Å². The minimum absolute atomic E-state index is 0.328. The van der Waals surface area contributed by atoms with Crippen molar-refractivity contribution in [1.82, 2.24) is 5.32 Å². The zero-order valence-electron chi connectivity index (χ0n) is 15.1. The molecule has 2 atom stereocenters. The number of amides is 1. The average molecular weight is 353 g/mol. The lowest BCUT2D eigenvalue weighted by Crippen LogP contribution is -2.42. The van der Waals surface area contributed by atoms with Gasteiger partial charge in [-0.1, -0.05) is 62.9 Å². The van der Waals surface area contributed by atoms with Crippen LogP contribution in [0.15, 0.2) is 30.3 Å². The largest absolute Gasteiger partial charge is 0.444 e. The first-order valence-corrected chi connectivity index (χ1v) is 8.66. The summed E-state index contributed by atoms with van der Waals surface area (Å²) in [6, 6.07) is 8.02. The lowest BCUT2D eigenvalue weighted by atomic mass is 10.0. The second-order valence-electron chi connectivity index (χ2n) is 7.51. The minimum Gasteiger partial charge on any atom is -0.444 e. The van der Waals surface area contributed by atoms with Gasteiger partial charge in [-0.05, 0) is 26.3 Å². The molecule has 24 heavy (non-hydrogen) atoms. The number of rotatable bonds is 4. The third-order valence-corrected chi connectivity index (χ3v) is 3.85. The molecule has 2 N–H and O–H groups in total. The molecule has 5 nitrogen and oxygen atoms in total. The van der Waals surface area contributed by atoms with E-state index in [1.54, 1.807) is 45.0 Å². The maximum atomic E-state index is 12.4. The molecule has 0 saturated heterocycles. The standard InChI is InChI=1S/C18H27NO4S/c1-17(2,3)23-16(22)19-13(12-10-8-7-9-11-12)14(20)15(21)24-18(4,5)6/h7-11,13-14,20H,1-6H3,(H,19,22)/t13-,14+/m0/s1. The molecule has 1 aromatic rings. The molecule has 0 bridgehead atoms.